The fraction of sp³-hybridized carbons (Fsp3) is 0.0746. The fourth-order valence-electron chi connectivity index (χ4n) is 14.9. The van der Waals surface area contributed by atoms with E-state index in [1.807, 2.05) is 0 Å². The molecule has 7 aliphatic rings. The van der Waals surface area contributed by atoms with Gasteiger partial charge in [0, 0.05) is 44.5 Å². The number of ketones is 2. The Labute approximate surface area is 403 Å². The number of fused-ring (bicyclic) bond motifs is 10. The minimum atomic E-state index is -0.680. The van der Waals surface area contributed by atoms with Gasteiger partial charge in [0.15, 0.2) is 11.6 Å². The van der Waals surface area contributed by atoms with Crippen LogP contribution < -0.4 is 0 Å². The Hall–Kier alpha value is -8.66. The number of carbonyl (C=O) groups excluding carboxylic acids is 2. The van der Waals surface area contributed by atoms with E-state index >= 15 is 9.59 Å². The monoisotopic (exact) mass is 889 g/mol. The first-order chi connectivity index (χ1) is 34.6. The molecule has 3 heteroatoms. The molecule has 0 atom stereocenters. The second-order valence-electron chi connectivity index (χ2n) is 20.3. The SMILES string of the molecule is O=C1c2cc3c(cc2C2c4ccccc4C1c1ccccc12)c1cc2c(c4c5cc6c(cc5n3c14)C(=O)C1c3ccccc3C6c3ccccc31)C(c1ccccc1)(c1ccccc1)c1ccccc1-2. The predicted octanol–water partition coefficient (Wildman–Crippen LogP) is 14.8. The van der Waals surface area contributed by atoms with E-state index in [4.69, 9.17) is 0 Å². The minimum absolute atomic E-state index is 0.0892. The van der Waals surface area contributed by atoms with E-state index in [0.29, 0.717) is 0 Å². The summed E-state index contributed by atoms with van der Waals surface area (Å²) in [6.45, 7) is 0. The number of nitrogens with zero attached hydrogens (tertiary/aromatic N) is 1. The molecule has 0 spiro atoms. The van der Waals surface area contributed by atoms with Gasteiger partial charge in [-0.05, 0) is 119 Å². The highest BCUT2D eigenvalue weighted by atomic mass is 16.1. The van der Waals surface area contributed by atoms with Crippen LogP contribution in [0.1, 0.15) is 122 Å². The maximum absolute atomic E-state index is 15.7. The lowest BCUT2D eigenvalue weighted by Gasteiger charge is -2.34. The van der Waals surface area contributed by atoms with E-state index in [0.717, 1.165) is 77.2 Å². The maximum atomic E-state index is 15.7. The summed E-state index contributed by atoms with van der Waals surface area (Å²) in [5.74, 6) is -0.717. The molecule has 324 valence electrons. The molecule has 2 aromatic heterocycles. The molecule has 3 nitrogen and oxygen atoms in total. The van der Waals surface area contributed by atoms with E-state index in [1.165, 1.54) is 61.0 Å². The van der Waals surface area contributed by atoms with Crippen LogP contribution in [0.4, 0.5) is 0 Å². The molecule has 0 fully saturated rings. The standard InChI is InChI=1S/C67H39NO2/c69-65-52-34-56-47(31-48(52)58-39-22-7-11-26-43(39)60(65)44-27-12-8-23-40(44)58)51-33-50-38-21-15-16-30-55(38)67(36-17-3-1-4-18-36,37-19-5-2-6-20-37)63(50)62-54-32-49-53(35-57(54)68(56)64(51)62)66(70)61-45-28-13-9-24-41(45)59(49)42-25-10-14-29-46(42)61/h1-35,58-61H. The Morgan fingerprint density at radius 3 is 1.21 bits per heavy atom. The molecule has 0 saturated carbocycles. The van der Waals surface area contributed by atoms with Crippen molar-refractivity contribution >= 4 is 49.7 Å². The van der Waals surface area contributed by atoms with Gasteiger partial charge < -0.3 is 4.40 Å². The quantitative estimate of drug-likeness (QED) is 0.173. The van der Waals surface area contributed by atoms with E-state index in [9.17, 15) is 0 Å². The van der Waals surface area contributed by atoms with Crippen molar-refractivity contribution < 1.29 is 9.59 Å². The molecule has 4 bridgehead atoms. The number of Topliss-reactive ketones (excluding diaryl/α,β-unsaturated/α-hetero) is 2. The van der Waals surface area contributed by atoms with Crippen molar-refractivity contribution in [2.24, 2.45) is 0 Å². The molecule has 0 saturated heterocycles. The third kappa shape index (κ3) is 4.24. The van der Waals surface area contributed by atoms with E-state index in [1.54, 1.807) is 0 Å². The summed E-state index contributed by atoms with van der Waals surface area (Å²) in [4.78, 5) is 31.2. The lowest BCUT2D eigenvalue weighted by molar-refractivity contribution is 0.0966. The van der Waals surface area contributed by atoms with Gasteiger partial charge in [0.05, 0.1) is 33.8 Å². The molecule has 0 N–H and O–H groups in total. The zero-order valence-corrected chi connectivity index (χ0v) is 37.8. The highest BCUT2D eigenvalue weighted by molar-refractivity contribution is 6.29. The van der Waals surface area contributed by atoms with Crippen LogP contribution in [0, 0.1) is 0 Å². The van der Waals surface area contributed by atoms with Gasteiger partial charge in [-0.25, -0.2) is 0 Å². The Bertz CT molecular complexity index is 4230. The van der Waals surface area contributed by atoms with Crippen molar-refractivity contribution in [3.8, 4) is 11.1 Å². The van der Waals surface area contributed by atoms with Crippen LogP contribution in [0.2, 0.25) is 0 Å². The highest BCUT2D eigenvalue weighted by Crippen LogP contribution is 2.62. The van der Waals surface area contributed by atoms with Crippen molar-refractivity contribution in [3.63, 3.8) is 0 Å². The summed E-state index contributed by atoms with van der Waals surface area (Å²) in [6, 6.07) is 77.4. The third-order valence-electron chi connectivity index (χ3n) is 17.5. The molecular weight excluding hydrogens is 851 g/mol. The average Bonchev–Trinajstić information content (AvgIpc) is 3.93. The van der Waals surface area contributed by atoms with E-state index in [-0.39, 0.29) is 23.4 Å². The molecule has 19 rings (SSSR count). The van der Waals surface area contributed by atoms with Crippen LogP contribution in [0.5, 0.6) is 0 Å². The van der Waals surface area contributed by atoms with Gasteiger partial charge in [0.1, 0.15) is 0 Å². The molecule has 2 heterocycles. The van der Waals surface area contributed by atoms with Gasteiger partial charge >= 0.3 is 0 Å². The molecule has 0 radical (unpaired) electrons. The average molecular weight is 890 g/mol. The Kier molecular flexibility index (Phi) is 6.88. The summed E-state index contributed by atoms with van der Waals surface area (Å²) in [6.07, 6.45) is 0. The largest absolute Gasteiger partial charge is 0.308 e. The van der Waals surface area contributed by atoms with Crippen molar-refractivity contribution in [1.29, 1.82) is 0 Å². The van der Waals surface area contributed by atoms with Gasteiger partial charge in [0.25, 0.3) is 0 Å². The summed E-state index contributed by atoms with van der Waals surface area (Å²) in [5.41, 5.74) is 22.7. The number of aromatic nitrogens is 1. The summed E-state index contributed by atoms with van der Waals surface area (Å²) in [5, 5.41) is 4.58. The zero-order valence-electron chi connectivity index (χ0n) is 37.8. The third-order valence-corrected chi connectivity index (χ3v) is 17.5. The number of carbonyl (C=O) groups is 2. The Morgan fingerprint density at radius 1 is 0.329 bits per heavy atom. The van der Waals surface area contributed by atoms with Gasteiger partial charge in [-0.15, -0.1) is 0 Å². The van der Waals surface area contributed by atoms with Crippen molar-refractivity contribution in [3.05, 3.63) is 301 Å². The Morgan fingerprint density at radius 2 is 0.729 bits per heavy atom. The van der Waals surface area contributed by atoms with Crippen molar-refractivity contribution in [2.75, 3.05) is 0 Å². The second-order valence-corrected chi connectivity index (χ2v) is 20.3. The first-order valence-electron chi connectivity index (χ1n) is 24.6. The normalized spacial score (nSPS) is 19.3. The number of rotatable bonds is 2. The number of hydrogen-bond acceptors (Lipinski definition) is 2. The van der Waals surface area contributed by atoms with Crippen LogP contribution in [0.3, 0.4) is 0 Å². The predicted molar refractivity (Wildman–Crippen MR) is 278 cm³/mol. The van der Waals surface area contributed by atoms with Crippen molar-refractivity contribution in [1.82, 2.24) is 4.40 Å². The first kappa shape index (κ1) is 37.3. The number of hydrogen-bond donors (Lipinski definition) is 0. The molecule has 7 aliphatic carbocycles. The molecule has 0 aliphatic heterocycles. The van der Waals surface area contributed by atoms with E-state index in [2.05, 4.69) is 217 Å². The van der Waals surface area contributed by atoms with Gasteiger partial charge in [0.2, 0.25) is 0 Å². The summed E-state index contributed by atoms with van der Waals surface area (Å²) >= 11 is 0. The lowest BCUT2D eigenvalue weighted by atomic mass is 9.66. The minimum Gasteiger partial charge on any atom is -0.308 e. The maximum Gasteiger partial charge on any atom is 0.175 e. The molecule has 0 unspecified atom stereocenters. The summed E-state index contributed by atoms with van der Waals surface area (Å²) < 4.78 is 2.45. The zero-order chi connectivity index (χ0) is 45.7. The lowest BCUT2D eigenvalue weighted by Crippen LogP contribution is -2.28. The van der Waals surface area contributed by atoms with Crippen LogP contribution in [-0.4, -0.2) is 16.0 Å². The molecular formula is C67H39NO2. The Balaban J connectivity index is 1.08. The highest BCUT2D eigenvalue weighted by Gasteiger charge is 2.50. The molecule has 10 aromatic carbocycles. The van der Waals surface area contributed by atoms with E-state index < -0.39 is 17.3 Å². The van der Waals surface area contributed by atoms with Crippen LogP contribution >= 0.6 is 0 Å². The second kappa shape index (κ2) is 12.9. The molecule has 70 heavy (non-hydrogen) atoms. The van der Waals surface area contributed by atoms with Crippen molar-refractivity contribution in [2.45, 2.75) is 29.1 Å². The molecule has 12 aromatic rings. The fourth-order valence-corrected chi connectivity index (χ4v) is 14.9. The smallest absolute Gasteiger partial charge is 0.175 e. The van der Waals surface area contributed by atoms with Gasteiger partial charge in [-0.2, -0.15) is 0 Å². The molecule has 0 amide bonds. The number of benzene rings is 10. The topological polar surface area (TPSA) is 38.5 Å². The van der Waals surface area contributed by atoms with Crippen LogP contribution in [-0.2, 0) is 5.41 Å². The van der Waals surface area contributed by atoms with Gasteiger partial charge in [-0.1, -0.05) is 182 Å². The summed E-state index contributed by atoms with van der Waals surface area (Å²) in [7, 11) is 0. The van der Waals surface area contributed by atoms with Crippen LogP contribution in [0.15, 0.2) is 212 Å². The van der Waals surface area contributed by atoms with Crippen LogP contribution in [0.25, 0.3) is 49.2 Å². The first-order valence-corrected chi connectivity index (χ1v) is 24.6. The van der Waals surface area contributed by atoms with Gasteiger partial charge in [-0.3, -0.25) is 9.59 Å².